The average molecular weight is 559 g/mol. The van der Waals surface area contributed by atoms with Gasteiger partial charge >= 0.3 is 0 Å². The largest absolute Gasteiger partial charge is 0.320 e. The number of aromatic nitrogens is 1. The van der Waals surface area contributed by atoms with Crippen LogP contribution in [0.2, 0.25) is 15.1 Å². The lowest BCUT2D eigenvalue weighted by molar-refractivity contribution is -0.119. The Morgan fingerprint density at radius 3 is 2.25 bits per heavy atom. The summed E-state index contributed by atoms with van der Waals surface area (Å²) >= 11 is 22.1. The zero-order chi connectivity index (χ0) is 23.6. The lowest BCUT2D eigenvalue weighted by atomic mass is 10.1. The van der Waals surface area contributed by atoms with Gasteiger partial charge in [0.1, 0.15) is 5.69 Å². The fourth-order valence-electron chi connectivity index (χ4n) is 2.99. The van der Waals surface area contributed by atoms with Crippen molar-refractivity contribution in [3.8, 4) is 5.69 Å². The molecule has 0 aliphatic carbocycles. The summed E-state index contributed by atoms with van der Waals surface area (Å²) in [6.07, 6.45) is 1.65. The van der Waals surface area contributed by atoms with E-state index in [2.05, 4.69) is 32.1 Å². The highest BCUT2D eigenvalue weighted by Gasteiger charge is 2.22. The van der Waals surface area contributed by atoms with E-state index in [4.69, 9.17) is 34.8 Å². The second kappa shape index (κ2) is 9.95. The summed E-state index contributed by atoms with van der Waals surface area (Å²) in [5.74, 6) is -1.63. The average Bonchev–Trinajstić information content (AvgIpc) is 3.09. The van der Waals surface area contributed by atoms with Gasteiger partial charge in [-0.15, -0.1) is 0 Å². The highest BCUT2D eigenvalue weighted by Crippen LogP contribution is 2.32. The molecule has 1 heterocycles. The van der Waals surface area contributed by atoms with Crippen LogP contribution in [0.5, 0.6) is 0 Å². The molecule has 0 bridgehead atoms. The minimum absolute atomic E-state index is 0.0741. The molecule has 0 saturated carbocycles. The summed E-state index contributed by atoms with van der Waals surface area (Å²) in [6, 6.07) is 9.60. The first-order chi connectivity index (χ1) is 15.1. The van der Waals surface area contributed by atoms with Crippen molar-refractivity contribution in [3.63, 3.8) is 0 Å². The van der Waals surface area contributed by atoms with E-state index in [0.717, 1.165) is 0 Å². The van der Waals surface area contributed by atoms with E-state index in [-0.39, 0.29) is 16.9 Å². The Morgan fingerprint density at radius 1 is 0.969 bits per heavy atom. The Bertz CT molecular complexity index is 1220. The molecule has 3 aromatic rings. The van der Waals surface area contributed by atoms with Gasteiger partial charge in [-0.25, -0.2) is 0 Å². The third kappa shape index (κ3) is 5.27. The fraction of sp³-hybridized carbons (Fsp3) is 0.0952. The van der Waals surface area contributed by atoms with Crippen LogP contribution in [0.15, 0.2) is 47.1 Å². The first kappa shape index (κ1) is 24.1. The molecule has 7 nitrogen and oxygen atoms in total. The molecule has 3 amide bonds. The predicted octanol–water partition coefficient (Wildman–Crippen LogP) is 5.54. The van der Waals surface area contributed by atoms with Crippen LogP contribution in [0, 0.1) is 6.92 Å². The zero-order valence-corrected chi connectivity index (χ0v) is 20.6. The Balaban J connectivity index is 2.02. The minimum Gasteiger partial charge on any atom is -0.320 e. The highest BCUT2D eigenvalue weighted by molar-refractivity contribution is 9.10. The molecular formula is C21H16BrCl3N4O3. The quantitative estimate of drug-likeness (QED) is 0.367. The van der Waals surface area contributed by atoms with Crippen LogP contribution in [0.3, 0.4) is 0 Å². The van der Waals surface area contributed by atoms with E-state index < -0.39 is 17.7 Å². The maximum atomic E-state index is 13.2. The molecule has 0 saturated heterocycles. The number of hydrogen-bond acceptors (Lipinski definition) is 3. The Hall–Kier alpha value is -2.52. The molecule has 0 atom stereocenters. The summed E-state index contributed by atoms with van der Waals surface area (Å²) < 4.78 is 2.17. The number of amides is 3. The lowest BCUT2D eigenvalue weighted by Gasteiger charge is -2.16. The van der Waals surface area contributed by atoms with E-state index in [9.17, 15) is 14.4 Å². The smallest absolute Gasteiger partial charge is 0.272 e. The van der Waals surface area contributed by atoms with Crippen molar-refractivity contribution >= 4 is 74.1 Å². The maximum absolute atomic E-state index is 13.2. The second-order valence-electron chi connectivity index (χ2n) is 6.72. The van der Waals surface area contributed by atoms with E-state index in [0.29, 0.717) is 30.8 Å². The Kier molecular flexibility index (Phi) is 7.51. The molecular weight excluding hydrogens is 543 g/mol. The number of aryl methyl sites for hydroxylation is 1. The van der Waals surface area contributed by atoms with Gasteiger partial charge in [0.2, 0.25) is 5.91 Å². The number of nitrogens with one attached hydrogen (secondary N) is 3. The molecule has 0 aliphatic heterocycles. The van der Waals surface area contributed by atoms with Gasteiger partial charge < -0.3 is 9.88 Å². The monoisotopic (exact) mass is 556 g/mol. The summed E-state index contributed by atoms with van der Waals surface area (Å²) in [6.45, 7) is 2.94. The number of carbonyl (C=O) groups excluding carboxylic acids is 3. The van der Waals surface area contributed by atoms with E-state index in [1.165, 1.54) is 13.0 Å². The number of benzene rings is 2. The van der Waals surface area contributed by atoms with Crippen LogP contribution in [-0.2, 0) is 4.79 Å². The molecule has 32 heavy (non-hydrogen) atoms. The molecule has 0 radical (unpaired) electrons. The van der Waals surface area contributed by atoms with Gasteiger partial charge in [0, 0.05) is 22.6 Å². The normalized spacial score (nSPS) is 10.6. The molecule has 0 aliphatic rings. The lowest BCUT2D eigenvalue weighted by Crippen LogP contribution is -2.40. The van der Waals surface area contributed by atoms with Crippen molar-refractivity contribution in [1.29, 1.82) is 0 Å². The maximum Gasteiger partial charge on any atom is 0.272 e. The van der Waals surface area contributed by atoms with Crippen LogP contribution in [0.1, 0.15) is 33.3 Å². The number of anilines is 1. The van der Waals surface area contributed by atoms with E-state index in [1.54, 1.807) is 48.0 Å². The third-order valence-electron chi connectivity index (χ3n) is 4.33. The zero-order valence-electron chi connectivity index (χ0n) is 16.7. The van der Waals surface area contributed by atoms with Crippen LogP contribution >= 0.6 is 50.7 Å². The number of hydrazine groups is 1. The second-order valence-corrected chi connectivity index (χ2v) is 8.89. The van der Waals surface area contributed by atoms with Gasteiger partial charge in [-0.1, -0.05) is 40.9 Å². The van der Waals surface area contributed by atoms with Crippen molar-refractivity contribution < 1.29 is 14.4 Å². The van der Waals surface area contributed by atoms with Gasteiger partial charge in [-0.2, -0.15) is 0 Å². The topological polar surface area (TPSA) is 92.2 Å². The Morgan fingerprint density at radius 2 is 1.62 bits per heavy atom. The first-order valence-electron chi connectivity index (χ1n) is 9.09. The van der Waals surface area contributed by atoms with Crippen LogP contribution in [0.4, 0.5) is 5.69 Å². The van der Waals surface area contributed by atoms with Crippen molar-refractivity contribution in [3.05, 3.63) is 79.0 Å². The van der Waals surface area contributed by atoms with Gasteiger partial charge in [0.05, 0.1) is 27.0 Å². The molecule has 11 heteroatoms. The number of para-hydroxylation sites is 1. The molecule has 0 spiro atoms. The van der Waals surface area contributed by atoms with Crippen LogP contribution in [0.25, 0.3) is 5.69 Å². The molecule has 2 aromatic carbocycles. The Labute approximate surface area is 207 Å². The molecule has 166 valence electrons. The molecule has 0 unspecified atom stereocenters. The number of nitrogens with zero attached hydrogens (tertiary/aromatic N) is 1. The van der Waals surface area contributed by atoms with Crippen molar-refractivity contribution in [2.24, 2.45) is 0 Å². The molecule has 3 N–H and O–H groups in total. The molecule has 0 fully saturated rings. The summed E-state index contributed by atoms with van der Waals surface area (Å²) in [5.41, 5.74) is 5.98. The summed E-state index contributed by atoms with van der Waals surface area (Å²) in [7, 11) is 0. The van der Waals surface area contributed by atoms with E-state index in [1.807, 2.05) is 0 Å². The van der Waals surface area contributed by atoms with Gasteiger partial charge in [-0.3, -0.25) is 25.2 Å². The van der Waals surface area contributed by atoms with Gasteiger partial charge in [0.15, 0.2) is 0 Å². The number of carbonyl (C=O) groups is 3. The fourth-order valence-corrected chi connectivity index (χ4v) is 4.26. The number of halogens is 4. The van der Waals surface area contributed by atoms with Gasteiger partial charge in [0.25, 0.3) is 11.8 Å². The predicted molar refractivity (Wildman–Crippen MR) is 129 cm³/mol. The number of hydrogen-bond donors (Lipinski definition) is 3. The van der Waals surface area contributed by atoms with E-state index >= 15 is 0 Å². The summed E-state index contributed by atoms with van der Waals surface area (Å²) in [4.78, 5) is 37.0. The SMILES string of the molecule is CC(=O)NNC(=O)c1cc(Cl)cc(C)c1NC(=O)c1cc(Br)cn1-c1c(Cl)cccc1Cl. The first-order valence-corrected chi connectivity index (χ1v) is 11.0. The molecule has 1 aromatic heterocycles. The van der Waals surface area contributed by atoms with Crippen molar-refractivity contribution in [2.75, 3.05) is 5.32 Å². The third-order valence-corrected chi connectivity index (χ3v) is 5.60. The molecule has 3 rings (SSSR count). The van der Waals surface area contributed by atoms with Crippen LogP contribution < -0.4 is 16.2 Å². The highest BCUT2D eigenvalue weighted by atomic mass is 79.9. The standard InChI is InChI=1S/C21H16BrCl3N4O3/c1-10-6-13(23)8-14(20(31)28-27-11(2)30)18(10)26-21(32)17-7-12(22)9-29(17)19-15(24)4-3-5-16(19)25/h3-9H,1-2H3,(H,26,32)(H,27,30)(H,28,31). The van der Waals surface area contributed by atoms with Gasteiger partial charge in [-0.05, 0) is 58.7 Å². The van der Waals surface area contributed by atoms with Crippen molar-refractivity contribution in [1.82, 2.24) is 15.4 Å². The van der Waals surface area contributed by atoms with Crippen LogP contribution in [-0.4, -0.2) is 22.3 Å². The van der Waals surface area contributed by atoms with Crippen molar-refractivity contribution in [2.45, 2.75) is 13.8 Å². The number of rotatable bonds is 4. The minimum atomic E-state index is -0.646. The summed E-state index contributed by atoms with van der Waals surface area (Å²) in [5, 5.41) is 3.76.